The number of aromatic nitrogens is 1. The number of aromatic carboxylic acids is 1. The molecule has 3 aromatic rings. The zero-order valence-corrected chi connectivity index (χ0v) is 13.1. The Morgan fingerprint density at radius 1 is 1.13 bits per heavy atom. The van der Waals surface area contributed by atoms with Crippen LogP contribution in [0.15, 0.2) is 36.4 Å². The van der Waals surface area contributed by atoms with Gasteiger partial charge in [0.1, 0.15) is 5.69 Å². The molecular weight excluding hydrogens is 344 g/mol. The molecular formula is C16H10Cl2FNO3. The van der Waals surface area contributed by atoms with Gasteiger partial charge in [-0.2, -0.15) is 0 Å². The van der Waals surface area contributed by atoms with Gasteiger partial charge in [-0.25, -0.2) is 9.18 Å². The lowest BCUT2D eigenvalue weighted by molar-refractivity contribution is 0.0686. The summed E-state index contributed by atoms with van der Waals surface area (Å²) in [4.78, 5) is 11.4. The molecule has 0 spiro atoms. The number of hydrogen-bond donors (Lipinski definition) is 2. The van der Waals surface area contributed by atoms with Crippen molar-refractivity contribution in [1.29, 1.82) is 0 Å². The predicted molar refractivity (Wildman–Crippen MR) is 86.1 cm³/mol. The Labute approximate surface area is 140 Å². The van der Waals surface area contributed by atoms with E-state index in [1.54, 1.807) is 18.2 Å². The smallest absolute Gasteiger partial charge is 0.352 e. The molecule has 0 atom stereocenters. The number of phenolic OH excluding ortho intramolecular Hbond substituents is 1. The molecule has 0 saturated heterocycles. The van der Waals surface area contributed by atoms with E-state index in [2.05, 4.69) is 0 Å². The first-order chi connectivity index (χ1) is 10.9. The number of rotatable bonds is 3. The fraction of sp³-hybridized carbons (Fsp3) is 0.0625. The second-order valence-electron chi connectivity index (χ2n) is 5.03. The summed E-state index contributed by atoms with van der Waals surface area (Å²) in [7, 11) is 0. The van der Waals surface area contributed by atoms with Crippen molar-refractivity contribution in [2.24, 2.45) is 0 Å². The number of halogens is 3. The van der Waals surface area contributed by atoms with E-state index in [1.807, 2.05) is 0 Å². The van der Waals surface area contributed by atoms with Crippen LogP contribution < -0.4 is 0 Å². The van der Waals surface area contributed by atoms with E-state index in [4.69, 9.17) is 23.2 Å². The third kappa shape index (κ3) is 2.85. The zero-order valence-electron chi connectivity index (χ0n) is 11.6. The van der Waals surface area contributed by atoms with Gasteiger partial charge in [0.2, 0.25) is 0 Å². The van der Waals surface area contributed by atoms with Crippen LogP contribution in [-0.4, -0.2) is 20.7 Å². The highest BCUT2D eigenvalue weighted by molar-refractivity contribution is 6.42. The van der Waals surface area contributed by atoms with Gasteiger partial charge in [0.15, 0.2) is 11.6 Å². The zero-order chi connectivity index (χ0) is 16.7. The molecule has 2 aromatic carbocycles. The van der Waals surface area contributed by atoms with E-state index in [0.29, 0.717) is 26.5 Å². The monoisotopic (exact) mass is 353 g/mol. The van der Waals surface area contributed by atoms with Gasteiger partial charge in [0, 0.05) is 18.0 Å². The Balaban J connectivity index is 2.17. The van der Waals surface area contributed by atoms with E-state index < -0.39 is 17.5 Å². The van der Waals surface area contributed by atoms with Crippen molar-refractivity contribution in [2.45, 2.75) is 6.54 Å². The van der Waals surface area contributed by atoms with Crippen LogP contribution in [0.3, 0.4) is 0 Å². The number of aromatic hydroxyl groups is 1. The van der Waals surface area contributed by atoms with Crippen LogP contribution >= 0.6 is 23.2 Å². The lowest BCUT2D eigenvalue weighted by Crippen LogP contribution is -2.09. The number of nitrogens with zero attached hydrogens (tertiary/aromatic N) is 1. The molecule has 23 heavy (non-hydrogen) atoms. The third-order valence-corrected chi connectivity index (χ3v) is 4.25. The molecule has 0 amide bonds. The Kier molecular flexibility index (Phi) is 3.92. The minimum Gasteiger partial charge on any atom is -0.505 e. The summed E-state index contributed by atoms with van der Waals surface area (Å²) in [6, 6.07) is 8.63. The van der Waals surface area contributed by atoms with Crippen molar-refractivity contribution in [2.75, 3.05) is 0 Å². The molecule has 4 nitrogen and oxygen atoms in total. The van der Waals surface area contributed by atoms with Crippen LogP contribution in [0.1, 0.15) is 16.1 Å². The second-order valence-corrected chi connectivity index (χ2v) is 5.85. The van der Waals surface area contributed by atoms with Crippen LogP contribution in [0.25, 0.3) is 10.9 Å². The van der Waals surface area contributed by atoms with Gasteiger partial charge >= 0.3 is 5.97 Å². The second kappa shape index (κ2) is 5.76. The van der Waals surface area contributed by atoms with Crippen molar-refractivity contribution in [1.82, 2.24) is 4.57 Å². The van der Waals surface area contributed by atoms with E-state index in [1.165, 1.54) is 16.7 Å². The molecule has 1 aromatic heterocycles. The summed E-state index contributed by atoms with van der Waals surface area (Å²) in [5, 5.41) is 20.0. The summed E-state index contributed by atoms with van der Waals surface area (Å²) in [5.41, 5.74) is 1.06. The van der Waals surface area contributed by atoms with Crippen molar-refractivity contribution in [3.05, 3.63) is 63.5 Å². The first kappa shape index (κ1) is 15.6. The molecule has 2 N–H and O–H groups in total. The number of hydrogen-bond acceptors (Lipinski definition) is 2. The van der Waals surface area contributed by atoms with Gasteiger partial charge < -0.3 is 14.8 Å². The topological polar surface area (TPSA) is 62.5 Å². The lowest BCUT2D eigenvalue weighted by atomic mass is 10.2. The van der Waals surface area contributed by atoms with Gasteiger partial charge in [-0.15, -0.1) is 0 Å². The fourth-order valence-corrected chi connectivity index (χ4v) is 2.76. The number of carboxylic acid groups (broad SMARTS) is 1. The average Bonchev–Trinajstić information content (AvgIpc) is 2.82. The van der Waals surface area contributed by atoms with Gasteiger partial charge in [-0.1, -0.05) is 29.3 Å². The van der Waals surface area contributed by atoms with E-state index in [-0.39, 0.29) is 12.2 Å². The van der Waals surface area contributed by atoms with Crippen LogP contribution in [0.5, 0.6) is 5.75 Å². The van der Waals surface area contributed by atoms with Gasteiger partial charge in [-0.3, -0.25) is 0 Å². The minimum atomic E-state index is -1.15. The van der Waals surface area contributed by atoms with Crippen LogP contribution in [0, 0.1) is 5.82 Å². The van der Waals surface area contributed by atoms with Crippen LogP contribution in [0.2, 0.25) is 10.0 Å². The largest absolute Gasteiger partial charge is 0.505 e. The highest BCUT2D eigenvalue weighted by Crippen LogP contribution is 2.29. The van der Waals surface area contributed by atoms with Gasteiger partial charge in [-0.05, 0) is 29.8 Å². The molecule has 0 radical (unpaired) electrons. The SMILES string of the molecule is O=C(O)c1cc2cc(O)c(F)cc2n1Cc1ccc(Cl)c(Cl)c1. The van der Waals surface area contributed by atoms with Gasteiger partial charge in [0.05, 0.1) is 15.6 Å². The molecule has 0 unspecified atom stereocenters. The summed E-state index contributed by atoms with van der Waals surface area (Å²) in [6.07, 6.45) is 0. The number of carboxylic acids is 1. The highest BCUT2D eigenvalue weighted by atomic mass is 35.5. The van der Waals surface area contributed by atoms with Crippen molar-refractivity contribution < 1.29 is 19.4 Å². The number of phenols is 1. The number of benzene rings is 2. The maximum Gasteiger partial charge on any atom is 0.352 e. The maximum atomic E-state index is 13.6. The summed E-state index contributed by atoms with van der Waals surface area (Å²) >= 11 is 11.8. The van der Waals surface area contributed by atoms with Crippen LogP contribution in [0.4, 0.5) is 4.39 Å². The standard InChI is InChI=1S/C16H10Cl2FNO3/c17-10-2-1-8(3-11(10)18)7-20-13-6-12(19)15(21)5-9(13)4-14(20)16(22)23/h1-6,21H,7H2,(H,22,23). The van der Waals surface area contributed by atoms with E-state index in [9.17, 15) is 19.4 Å². The molecule has 0 fully saturated rings. The third-order valence-electron chi connectivity index (χ3n) is 3.51. The molecule has 1 heterocycles. The van der Waals surface area contributed by atoms with E-state index in [0.717, 1.165) is 6.07 Å². The Morgan fingerprint density at radius 2 is 1.87 bits per heavy atom. The lowest BCUT2D eigenvalue weighted by Gasteiger charge is -2.10. The molecule has 0 aliphatic carbocycles. The summed E-state index contributed by atoms with van der Waals surface area (Å²) < 4.78 is 15.1. The van der Waals surface area contributed by atoms with Crippen molar-refractivity contribution in [3.8, 4) is 5.75 Å². The molecule has 0 aliphatic rings. The van der Waals surface area contributed by atoms with Crippen molar-refractivity contribution >= 4 is 40.1 Å². The first-order valence-electron chi connectivity index (χ1n) is 6.56. The highest BCUT2D eigenvalue weighted by Gasteiger charge is 2.17. The predicted octanol–water partition coefficient (Wildman–Crippen LogP) is 4.54. The minimum absolute atomic E-state index is 0.0175. The van der Waals surface area contributed by atoms with Gasteiger partial charge in [0.25, 0.3) is 0 Å². The number of fused-ring (bicyclic) bond motifs is 1. The van der Waals surface area contributed by atoms with E-state index >= 15 is 0 Å². The molecule has 3 rings (SSSR count). The molecule has 118 valence electrons. The fourth-order valence-electron chi connectivity index (χ4n) is 2.44. The average molecular weight is 354 g/mol. The Bertz CT molecular complexity index is 937. The maximum absolute atomic E-state index is 13.6. The normalized spacial score (nSPS) is 11.1. The first-order valence-corrected chi connectivity index (χ1v) is 7.31. The number of carbonyl (C=O) groups is 1. The molecule has 0 saturated carbocycles. The summed E-state index contributed by atoms with van der Waals surface area (Å²) in [6.45, 7) is 0.173. The quantitative estimate of drug-likeness (QED) is 0.726. The molecule has 0 bridgehead atoms. The molecule has 7 heteroatoms. The Morgan fingerprint density at radius 3 is 2.52 bits per heavy atom. The van der Waals surface area contributed by atoms with Crippen LogP contribution in [-0.2, 0) is 6.54 Å². The summed E-state index contributed by atoms with van der Waals surface area (Å²) in [5.74, 6) is -2.50. The molecule has 0 aliphatic heterocycles. The van der Waals surface area contributed by atoms with Crippen molar-refractivity contribution in [3.63, 3.8) is 0 Å². The Hall–Kier alpha value is -2.24.